The minimum atomic E-state index is -5.07. The molecule has 4 aromatic rings. The van der Waals surface area contributed by atoms with Gasteiger partial charge in [-0.1, -0.05) is 12.1 Å². The molecular formula is C17H13FN6O5S2. The van der Waals surface area contributed by atoms with Gasteiger partial charge in [0.15, 0.2) is 11.2 Å². The van der Waals surface area contributed by atoms with Crippen molar-refractivity contribution in [1.82, 2.24) is 19.5 Å². The van der Waals surface area contributed by atoms with Gasteiger partial charge in [0, 0.05) is 0 Å². The molecule has 0 aliphatic heterocycles. The summed E-state index contributed by atoms with van der Waals surface area (Å²) < 4.78 is 64.4. The van der Waals surface area contributed by atoms with E-state index in [1.807, 2.05) is 0 Å². The van der Waals surface area contributed by atoms with Crippen LogP contribution in [-0.2, 0) is 20.2 Å². The molecule has 2 aromatic carbocycles. The second kappa shape index (κ2) is 7.17. The van der Waals surface area contributed by atoms with E-state index < -0.39 is 35.6 Å². The van der Waals surface area contributed by atoms with Gasteiger partial charge >= 0.3 is 10.2 Å². The molecule has 4 rings (SSSR count). The lowest BCUT2D eigenvalue weighted by atomic mass is 10.3. The topological polar surface area (TPSA) is 170 Å². The summed E-state index contributed by atoms with van der Waals surface area (Å²) in [6, 6.07) is 9.94. The van der Waals surface area contributed by atoms with Crippen molar-refractivity contribution in [2.75, 3.05) is 10.5 Å². The maximum atomic E-state index is 13.2. The zero-order valence-electron chi connectivity index (χ0n) is 15.4. The number of imidazole rings is 1. The third kappa shape index (κ3) is 3.97. The molecule has 4 N–H and O–H groups in total. The standard InChI is InChI=1S/C17H13FN6O5S2/c18-30(26,27)12-5-2-6-13(8-12)31(28,29)23-10-3-1-4-11(7-10)24-9-20-14-15(24)21-17(19)22-16(14)25/h1-9,23H,(H3,19,21,22,25). The molecule has 14 heteroatoms. The lowest BCUT2D eigenvalue weighted by Crippen LogP contribution is -2.14. The van der Waals surface area contributed by atoms with E-state index in [1.165, 1.54) is 29.1 Å². The van der Waals surface area contributed by atoms with Crippen LogP contribution in [0.25, 0.3) is 16.9 Å². The highest BCUT2D eigenvalue weighted by molar-refractivity contribution is 7.92. The highest BCUT2D eigenvalue weighted by Gasteiger charge is 2.19. The molecule has 0 aliphatic rings. The Labute approximate surface area is 174 Å². The van der Waals surface area contributed by atoms with E-state index in [4.69, 9.17) is 5.73 Å². The molecule has 0 bridgehead atoms. The number of anilines is 2. The third-order valence-electron chi connectivity index (χ3n) is 4.20. The number of hydrogen-bond acceptors (Lipinski definition) is 8. The molecule has 0 unspecified atom stereocenters. The van der Waals surface area contributed by atoms with Gasteiger partial charge in [-0.25, -0.2) is 13.4 Å². The first kappa shape index (κ1) is 20.5. The number of fused-ring (bicyclic) bond motifs is 1. The minimum absolute atomic E-state index is 0.0458. The molecule has 0 radical (unpaired) electrons. The highest BCUT2D eigenvalue weighted by atomic mass is 32.3. The predicted octanol–water partition coefficient (Wildman–Crippen LogP) is 1.15. The summed E-state index contributed by atoms with van der Waals surface area (Å²) >= 11 is 0. The number of benzene rings is 2. The third-order valence-corrected chi connectivity index (χ3v) is 6.40. The van der Waals surface area contributed by atoms with Gasteiger partial charge in [-0.05, 0) is 36.4 Å². The van der Waals surface area contributed by atoms with Crippen molar-refractivity contribution in [1.29, 1.82) is 0 Å². The van der Waals surface area contributed by atoms with Crippen molar-refractivity contribution < 1.29 is 20.7 Å². The Balaban J connectivity index is 1.73. The van der Waals surface area contributed by atoms with Gasteiger partial charge in [-0.2, -0.15) is 13.4 Å². The summed E-state index contributed by atoms with van der Waals surface area (Å²) in [5, 5.41) is 0. The zero-order chi connectivity index (χ0) is 22.4. The molecular weight excluding hydrogens is 451 g/mol. The highest BCUT2D eigenvalue weighted by Crippen LogP contribution is 2.23. The van der Waals surface area contributed by atoms with Crippen LogP contribution in [0.1, 0.15) is 0 Å². The molecule has 31 heavy (non-hydrogen) atoms. The summed E-state index contributed by atoms with van der Waals surface area (Å²) in [4.78, 5) is 21.1. The fourth-order valence-electron chi connectivity index (χ4n) is 2.84. The summed E-state index contributed by atoms with van der Waals surface area (Å²) in [5.74, 6) is -0.112. The molecule has 0 saturated carbocycles. The largest absolute Gasteiger partial charge is 0.369 e. The van der Waals surface area contributed by atoms with E-state index in [1.54, 1.807) is 6.07 Å². The number of aromatic amines is 1. The summed E-state index contributed by atoms with van der Waals surface area (Å²) in [6.07, 6.45) is 1.33. The normalized spacial score (nSPS) is 12.2. The summed E-state index contributed by atoms with van der Waals surface area (Å²) in [7, 11) is -9.30. The Morgan fingerprint density at radius 2 is 1.74 bits per heavy atom. The van der Waals surface area contributed by atoms with Crippen molar-refractivity contribution in [2.45, 2.75) is 9.79 Å². The van der Waals surface area contributed by atoms with Crippen LogP contribution in [0.15, 0.2) is 69.4 Å². The van der Waals surface area contributed by atoms with Gasteiger partial charge in [-0.3, -0.25) is 19.1 Å². The smallest absolute Gasteiger partial charge is 0.332 e. The van der Waals surface area contributed by atoms with Gasteiger partial charge in [0.1, 0.15) is 6.33 Å². The van der Waals surface area contributed by atoms with Crippen LogP contribution in [-0.4, -0.2) is 36.4 Å². The lowest BCUT2D eigenvalue weighted by Gasteiger charge is -2.11. The fourth-order valence-corrected chi connectivity index (χ4v) is 4.52. The Morgan fingerprint density at radius 1 is 1.03 bits per heavy atom. The molecule has 160 valence electrons. The molecule has 0 atom stereocenters. The van der Waals surface area contributed by atoms with Crippen molar-refractivity contribution in [3.63, 3.8) is 0 Å². The SMILES string of the molecule is Nc1nc2c(ncn2-c2cccc(NS(=O)(=O)c3cccc(S(=O)(=O)F)c3)c2)c(=O)[nH]1. The number of sulfonamides is 1. The number of hydrogen-bond donors (Lipinski definition) is 3. The van der Waals surface area contributed by atoms with Crippen molar-refractivity contribution in [2.24, 2.45) is 0 Å². The van der Waals surface area contributed by atoms with Crippen LogP contribution in [0.2, 0.25) is 0 Å². The molecule has 2 heterocycles. The molecule has 0 aliphatic carbocycles. The maximum Gasteiger partial charge on any atom is 0.332 e. The minimum Gasteiger partial charge on any atom is -0.369 e. The van der Waals surface area contributed by atoms with E-state index in [-0.39, 0.29) is 22.8 Å². The van der Waals surface area contributed by atoms with Gasteiger partial charge in [0.25, 0.3) is 15.6 Å². The number of aromatic nitrogens is 4. The van der Waals surface area contributed by atoms with Gasteiger partial charge in [0.05, 0.1) is 21.2 Å². The van der Waals surface area contributed by atoms with E-state index in [9.17, 15) is 25.5 Å². The van der Waals surface area contributed by atoms with Gasteiger partial charge < -0.3 is 5.73 Å². The summed E-state index contributed by atoms with van der Waals surface area (Å²) in [6.45, 7) is 0. The molecule has 11 nitrogen and oxygen atoms in total. The average Bonchev–Trinajstić information content (AvgIpc) is 3.11. The van der Waals surface area contributed by atoms with Crippen LogP contribution >= 0.6 is 0 Å². The van der Waals surface area contributed by atoms with E-state index in [0.29, 0.717) is 11.8 Å². The lowest BCUT2D eigenvalue weighted by molar-refractivity contribution is 0.552. The van der Waals surface area contributed by atoms with Crippen LogP contribution < -0.4 is 16.0 Å². The maximum absolute atomic E-state index is 13.2. The van der Waals surface area contributed by atoms with Crippen LogP contribution in [0.4, 0.5) is 15.5 Å². The fraction of sp³-hybridized carbons (Fsp3) is 0. The van der Waals surface area contributed by atoms with Crippen molar-refractivity contribution in [3.8, 4) is 5.69 Å². The number of nitrogen functional groups attached to an aromatic ring is 1. The number of nitrogens with one attached hydrogen (secondary N) is 2. The number of nitrogens with two attached hydrogens (primary N) is 1. The second-order valence-electron chi connectivity index (χ2n) is 6.31. The molecule has 0 fully saturated rings. The number of halogens is 1. The summed E-state index contributed by atoms with van der Waals surface area (Å²) in [5.41, 5.74) is 5.80. The van der Waals surface area contributed by atoms with Gasteiger partial charge in [-0.15, -0.1) is 3.89 Å². The number of H-pyrrole nitrogens is 1. The van der Waals surface area contributed by atoms with Gasteiger partial charge in [0.2, 0.25) is 5.95 Å². The first-order valence-electron chi connectivity index (χ1n) is 8.45. The average molecular weight is 464 g/mol. The van der Waals surface area contributed by atoms with Crippen molar-refractivity contribution >= 4 is 43.0 Å². The van der Waals surface area contributed by atoms with Crippen LogP contribution in [0.3, 0.4) is 0 Å². The molecule has 0 saturated heterocycles. The Kier molecular flexibility index (Phi) is 4.74. The Hall–Kier alpha value is -3.78. The molecule has 0 amide bonds. The molecule has 0 spiro atoms. The Bertz CT molecular complexity index is 1590. The van der Waals surface area contributed by atoms with E-state index in [0.717, 1.165) is 18.2 Å². The van der Waals surface area contributed by atoms with E-state index >= 15 is 0 Å². The quantitative estimate of drug-likeness (QED) is 0.369. The zero-order valence-corrected chi connectivity index (χ0v) is 17.0. The number of rotatable bonds is 5. The first-order chi connectivity index (χ1) is 14.5. The molecule has 2 aromatic heterocycles. The number of nitrogens with zero attached hydrogens (tertiary/aromatic N) is 3. The first-order valence-corrected chi connectivity index (χ1v) is 11.3. The monoisotopic (exact) mass is 464 g/mol. The van der Waals surface area contributed by atoms with Crippen LogP contribution in [0, 0.1) is 0 Å². The van der Waals surface area contributed by atoms with Crippen molar-refractivity contribution in [3.05, 3.63) is 65.2 Å². The van der Waals surface area contributed by atoms with Crippen LogP contribution in [0.5, 0.6) is 0 Å². The predicted molar refractivity (Wildman–Crippen MR) is 109 cm³/mol. The van der Waals surface area contributed by atoms with E-state index in [2.05, 4.69) is 19.7 Å². The second-order valence-corrected chi connectivity index (χ2v) is 9.34. The Morgan fingerprint density at radius 3 is 2.48 bits per heavy atom.